The number of nitro groups is 1. The minimum atomic E-state index is -1.15. The molecule has 1 atom stereocenters. The fraction of sp³-hybridized carbons (Fsp3) is 0.500. The molecule has 1 aliphatic heterocycles. The van der Waals surface area contributed by atoms with Crippen LogP contribution in [0.2, 0.25) is 0 Å². The van der Waals surface area contributed by atoms with Gasteiger partial charge in [0.2, 0.25) is 0 Å². The maximum absolute atomic E-state index is 11.4. The summed E-state index contributed by atoms with van der Waals surface area (Å²) in [6.07, 6.45) is 2.04. The van der Waals surface area contributed by atoms with E-state index in [9.17, 15) is 20.0 Å². The highest BCUT2D eigenvalue weighted by atomic mass is 16.6. The zero-order valence-corrected chi connectivity index (χ0v) is 12.2. The lowest BCUT2D eigenvalue weighted by molar-refractivity contribution is -0.384. The summed E-state index contributed by atoms with van der Waals surface area (Å²) in [7, 11) is 3.88. The van der Waals surface area contributed by atoms with Crippen molar-refractivity contribution >= 4 is 17.3 Å². The maximum atomic E-state index is 11.4. The lowest BCUT2D eigenvalue weighted by Gasteiger charge is -2.37. The molecule has 1 heterocycles. The Morgan fingerprint density at radius 2 is 2.24 bits per heavy atom. The number of anilines is 1. The van der Waals surface area contributed by atoms with Crippen molar-refractivity contribution < 1.29 is 14.8 Å². The van der Waals surface area contributed by atoms with Crippen LogP contribution in [0, 0.1) is 10.1 Å². The van der Waals surface area contributed by atoms with Crippen molar-refractivity contribution in [3.05, 3.63) is 33.9 Å². The van der Waals surface area contributed by atoms with Gasteiger partial charge in [0.1, 0.15) is 0 Å². The molecule has 2 rings (SSSR count). The predicted octanol–water partition coefficient (Wildman–Crippen LogP) is 1.82. The first-order valence-corrected chi connectivity index (χ1v) is 6.83. The van der Waals surface area contributed by atoms with Gasteiger partial charge in [-0.05, 0) is 32.5 Å². The van der Waals surface area contributed by atoms with E-state index in [0.29, 0.717) is 5.69 Å². The molecule has 0 bridgehead atoms. The van der Waals surface area contributed by atoms with Gasteiger partial charge in [-0.25, -0.2) is 4.79 Å². The number of likely N-dealkylation sites (N-methyl/N-ethyl adjacent to an activating group) is 2. The van der Waals surface area contributed by atoms with Gasteiger partial charge in [0.15, 0.2) is 0 Å². The molecule has 21 heavy (non-hydrogen) atoms. The van der Waals surface area contributed by atoms with Crippen molar-refractivity contribution in [2.45, 2.75) is 18.9 Å². The van der Waals surface area contributed by atoms with E-state index in [1.807, 2.05) is 19.0 Å². The number of rotatable bonds is 4. The quantitative estimate of drug-likeness (QED) is 0.673. The average molecular weight is 293 g/mol. The first-order chi connectivity index (χ1) is 9.90. The summed E-state index contributed by atoms with van der Waals surface area (Å²) >= 11 is 0. The summed E-state index contributed by atoms with van der Waals surface area (Å²) < 4.78 is 0. The molecule has 0 aliphatic carbocycles. The Labute approximate surface area is 122 Å². The van der Waals surface area contributed by atoms with Gasteiger partial charge in [0, 0.05) is 31.8 Å². The molecule has 7 nitrogen and oxygen atoms in total. The second kappa shape index (κ2) is 6.09. The first-order valence-electron chi connectivity index (χ1n) is 6.83. The van der Waals surface area contributed by atoms with Gasteiger partial charge in [-0.2, -0.15) is 0 Å². The van der Waals surface area contributed by atoms with Crippen molar-refractivity contribution in [3.8, 4) is 0 Å². The number of nitro benzene ring substituents is 1. The minimum Gasteiger partial charge on any atom is -0.478 e. The Morgan fingerprint density at radius 1 is 1.52 bits per heavy atom. The average Bonchev–Trinajstić information content (AvgIpc) is 2.45. The molecule has 1 saturated heterocycles. The summed E-state index contributed by atoms with van der Waals surface area (Å²) in [6.45, 7) is 1.89. The normalized spacial score (nSPS) is 19.2. The summed E-state index contributed by atoms with van der Waals surface area (Å²) in [6, 6.07) is 4.21. The predicted molar refractivity (Wildman–Crippen MR) is 79.0 cm³/mol. The van der Waals surface area contributed by atoms with Crippen molar-refractivity contribution in [3.63, 3.8) is 0 Å². The molecular formula is C14H19N3O4. The molecule has 0 radical (unpaired) electrons. The van der Waals surface area contributed by atoms with E-state index in [0.717, 1.165) is 32.0 Å². The number of carboxylic acids is 1. The SMILES string of the molecule is CN1CCCC(N(C)c2ccc([N+](=O)[O-])cc2C(=O)O)C1. The summed E-state index contributed by atoms with van der Waals surface area (Å²) in [5.74, 6) is -1.15. The summed E-state index contributed by atoms with van der Waals surface area (Å²) in [5.41, 5.74) is 0.290. The molecule has 1 N–H and O–H groups in total. The Hall–Kier alpha value is -2.15. The number of piperidine rings is 1. The van der Waals surface area contributed by atoms with E-state index in [4.69, 9.17) is 0 Å². The number of non-ortho nitro benzene ring substituents is 1. The van der Waals surface area contributed by atoms with Crippen LogP contribution < -0.4 is 4.90 Å². The van der Waals surface area contributed by atoms with Gasteiger partial charge in [0.25, 0.3) is 5.69 Å². The van der Waals surface area contributed by atoms with Gasteiger partial charge in [-0.1, -0.05) is 0 Å². The first kappa shape index (κ1) is 15.2. The fourth-order valence-electron chi connectivity index (χ4n) is 2.77. The smallest absolute Gasteiger partial charge is 0.338 e. The molecule has 1 aromatic rings. The van der Waals surface area contributed by atoms with Crippen molar-refractivity contribution in [2.75, 3.05) is 32.1 Å². The molecule has 0 saturated carbocycles. The molecule has 1 aliphatic rings. The highest BCUT2D eigenvalue weighted by Gasteiger charge is 2.25. The number of aromatic carboxylic acids is 1. The largest absolute Gasteiger partial charge is 0.478 e. The molecule has 7 heteroatoms. The van der Waals surface area contributed by atoms with Gasteiger partial charge in [-0.15, -0.1) is 0 Å². The van der Waals surface area contributed by atoms with Crippen LogP contribution in [0.3, 0.4) is 0 Å². The minimum absolute atomic E-state index is 0.0278. The number of likely N-dealkylation sites (tertiary alicyclic amines) is 1. The highest BCUT2D eigenvalue weighted by molar-refractivity contribution is 5.95. The van der Waals surface area contributed by atoms with Crippen LogP contribution in [-0.4, -0.2) is 54.1 Å². The monoisotopic (exact) mass is 293 g/mol. The van der Waals surface area contributed by atoms with Crippen LogP contribution in [0.4, 0.5) is 11.4 Å². The third-order valence-electron chi connectivity index (χ3n) is 3.95. The molecule has 1 aromatic carbocycles. The third-order valence-corrected chi connectivity index (χ3v) is 3.95. The van der Waals surface area contributed by atoms with Crippen LogP contribution in [0.25, 0.3) is 0 Å². The van der Waals surface area contributed by atoms with E-state index < -0.39 is 10.9 Å². The number of hydrogen-bond acceptors (Lipinski definition) is 5. The molecule has 0 spiro atoms. The van der Waals surface area contributed by atoms with Gasteiger partial charge < -0.3 is 14.9 Å². The Kier molecular flexibility index (Phi) is 4.42. The molecule has 0 amide bonds. The van der Waals surface area contributed by atoms with Crippen LogP contribution >= 0.6 is 0 Å². The second-order valence-corrected chi connectivity index (χ2v) is 5.43. The number of hydrogen-bond donors (Lipinski definition) is 1. The molecule has 1 fully saturated rings. The zero-order valence-electron chi connectivity index (χ0n) is 12.2. The second-order valence-electron chi connectivity index (χ2n) is 5.43. The zero-order chi connectivity index (χ0) is 15.6. The third kappa shape index (κ3) is 3.30. The summed E-state index contributed by atoms with van der Waals surface area (Å²) in [4.78, 5) is 25.7. The number of carbonyl (C=O) groups is 1. The van der Waals surface area contributed by atoms with Gasteiger partial charge in [-0.3, -0.25) is 10.1 Å². The lowest BCUT2D eigenvalue weighted by atomic mass is 10.0. The van der Waals surface area contributed by atoms with Crippen LogP contribution in [-0.2, 0) is 0 Å². The lowest BCUT2D eigenvalue weighted by Crippen LogP contribution is -2.45. The van der Waals surface area contributed by atoms with E-state index >= 15 is 0 Å². The van der Waals surface area contributed by atoms with Crippen molar-refractivity contribution in [1.29, 1.82) is 0 Å². The molecule has 1 unspecified atom stereocenters. The van der Waals surface area contributed by atoms with E-state index in [-0.39, 0.29) is 17.3 Å². The molecular weight excluding hydrogens is 274 g/mol. The Bertz CT molecular complexity index is 561. The summed E-state index contributed by atoms with van der Waals surface area (Å²) in [5, 5.41) is 20.1. The Morgan fingerprint density at radius 3 is 2.81 bits per heavy atom. The van der Waals surface area contributed by atoms with E-state index in [2.05, 4.69) is 4.90 Å². The van der Waals surface area contributed by atoms with Gasteiger partial charge >= 0.3 is 5.97 Å². The standard InChI is InChI=1S/C14H19N3O4/c1-15-7-3-4-11(9-15)16(2)13-6-5-10(17(20)21)8-12(13)14(18)19/h5-6,8,11H,3-4,7,9H2,1-2H3,(H,18,19). The van der Waals surface area contributed by atoms with Gasteiger partial charge in [0.05, 0.1) is 16.2 Å². The highest BCUT2D eigenvalue weighted by Crippen LogP contribution is 2.28. The van der Waals surface area contributed by atoms with E-state index in [1.165, 1.54) is 12.1 Å². The Balaban J connectivity index is 2.33. The fourth-order valence-corrected chi connectivity index (χ4v) is 2.77. The number of carboxylic acid groups (broad SMARTS) is 1. The molecule has 0 aromatic heterocycles. The van der Waals surface area contributed by atoms with Crippen LogP contribution in [0.5, 0.6) is 0 Å². The van der Waals surface area contributed by atoms with Crippen LogP contribution in [0.15, 0.2) is 18.2 Å². The van der Waals surface area contributed by atoms with Crippen molar-refractivity contribution in [2.24, 2.45) is 0 Å². The topological polar surface area (TPSA) is 86.9 Å². The number of nitrogens with zero attached hydrogens (tertiary/aromatic N) is 3. The number of benzene rings is 1. The molecule has 114 valence electrons. The van der Waals surface area contributed by atoms with Crippen LogP contribution in [0.1, 0.15) is 23.2 Å². The maximum Gasteiger partial charge on any atom is 0.338 e. The van der Waals surface area contributed by atoms with E-state index in [1.54, 1.807) is 0 Å². The van der Waals surface area contributed by atoms with Crippen molar-refractivity contribution in [1.82, 2.24) is 4.90 Å².